The Bertz CT molecular complexity index is 397. The molecule has 1 saturated heterocycles. The van der Waals surface area contributed by atoms with Crippen LogP contribution in [0, 0.1) is 0 Å². The molecule has 98 valence electrons. The van der Waals surface area contributed by atoms with Gasteiger partial charge in [0.2, 0.25) is 0 Å². The van der Waals surface area contributed by atoms with Gasteiger partial charge in [0.05, 0.1) is 5.60 Å². The lowest BCUT2D eigenvalue weighted by Crippen LogP contribution is -2.44. The van der Waals surface area contributed by atoms with Crippen molar-refractivity contribution >= 4 is 5.57 Å². The van der Waals surface area contributed by atoms with Crippen molar-refractivity contribution in [3.8, 4) is 0 Å². The first-order chi connectivity index (χ1) is 8.57. The molecule has 2 rings (SSSR count). The van der Waals surface area contributed by atoms with Crippen LogP contribution in [0.3, 0.4) is 0 Å². The summed E-state index contributed by atoms with van der Waals surface area (Å²) in [5.41, 5.74) is 2.38. The molecule has 0 spiro atoms. The van der Waals surface area contributed by atoms with Gasteiger partial charge in [-0.1, -0.05) is 36.9 Å². The molecule has 1 fully saturated rings. The average Bonchev–Trinajstić information content (AvgIpc) is 2.36. The maximum Gasteiger partial charge on any atom is 0.0641 e. The maximum absolute atomic E-state index is 5.72. The zero-order chi connectivity index (χ0) is 13.0. The Labute approximate surface area is 110 Å². The first-order valence-corrected chi connectivity index (χ1v) is 6.67. The normalized spacial score (nSPS) is 22.7. The average molecular weight is 245 g/mol. The second kappa shape index (κ2) is 5.68. The van der Waals surface area contributed by atoms with E-state index in [4.69, 9.17) is 4.74 Å². The van der Waals surface area contributed by atoms with E-state index in [1.54, 1.807) is 0 Å². The molecule has 0 saturated carbocycles. The molecule has 0 aliphatic carbocycles. The van der Waals surface area contributed by atoms with Crippen LogP contribution in [0.4, 0.5) is 0 Å². The lowest BCUT2D eigenvalue weighted by atomic mass is 9.93. The van der Waals surface area contributed by atoms with Crippen molar-refractivity contribution in [3.05, 3.63) is 42.5 Å². The molecule has 0 bridgehead atoms. The predicted octanol–water partition coefficient (Wildman–Crippen LogP) is 3.25. The molecule has 1 aromatic carbocycles. The van der Waals surface area contributed by atoms with Gasteiger partial charge in [-0.25, -0.2) is 0 Å². The van der Waals surface area contributed by atoms with Gasteiger partial charge in [0.15, 0.2) is 0 Å². The van der Waals surface area contributed by atoms with Gasteiger partial charge in [0.25, 0.3) is 0 Å². The molecule has 2 nitrogen and oxygen atoms in total. The van der Waals surface area contributed by atoms with E-state index in [1.807, 2.05) is 6.07 Å². The van der Waals surface area contributed by atoms with Crippen molar-refractivity contribution in [2.45, 2.75) is 38.3 Å². The molecule has 0 aromatic heterocycles. The van der Waals surface area contributed by atoms with Crippen LogP contribution in [-0.2, 0) is 4.74 Å². The summed E-state index contributed by atoms with van der Waals surface area (Å²) >= 11 is 0. The van der Waals surface area contributed by atoms with Gasteiger partial charge in [0, 0.05) is 19.2 Å². The van der Waals surface area contributed by atoms with Gasteiger partial charge in [-0.3, -0.25) is 0 Å². The van der Waals surface area contributed by atoms with Crippen LogP contribution in [0.25, 0.3) is 5.57 Å². The van der Waals surface area contributed by atoms with E-state index in [9.17, 15) is 0 Å². The quantitative estimate of drug-likeness (QED) is 0.879. The minimum absolute atomic E-state index is 0.00397. The monoisotopic (exact) mass is 245 g/mol. The summed E-state index contributed by atoms with van der Waals surface area (Å²) < 4.78 is 5.72. The zero-order valence-electron chi connectivity index (χ0n) is 11.4. The Kier molecular flexibility index (Phi) is 4.20. The second-order valence-electron chi connectivity index (χ2n) is 5.65. The standard InChI is InChI=1S/C16H23NO/c1-13(14-7-5-4-6-8-14)12-17-15-9-10-18-16(2,3)11-15/h4-8,15,17H,1,9-12H2,2-3H3. The smallest absolute Gasteiger partial charge is 0.0641 e. The third-order valence-corrected chi connectivity index (χ3v) is 3.48. The zero-order valence-corrected chi connectivity index (χ0v) is 11.4. The number of hydrogen-bond donors (Lipinski definition) is 1. The lowest BCUT2D eigenvalue weighted by Gasteiger charge is -2.36. The summed E-state index contributed by atoms with van der Waals surface area (Å²) in [5.74, 6) is 0. The van der Waals surface area contributed by atoms with Crippen molar-refractivity contribution in [1.82, 2.24) is 5.32 Å². The van der Waals surface area contributed by atoms with Gasteiger partial charge in [0.1, 0.15) is 0 Å². The van der Waals surface area contributed by atoms with Gasteiger partial charge >= 0.3 is 0 Å². The van der Waals surface area contributed by atoms with Crippen LogP contribution in [0.5, 0.6) is 0 Å². The Morgan fingerprint density at radius 2 is 2.11 bits per heavy atom. The minimum Gasteiger partial charge on any atom is -0.375 e. The molecule has 1 heterocycles. The maximum atomic E-state index is 5.72. The molecular formula is C16H23NO. The van der Waals surface area contributed by atoms with Crippen LogP contribution in [0.1, 0.15) is 32.3 Å². The Morgan fingerprint density at radius 3 is 2.78 bits per heavy atom. The van der Waals surface area contributed by atoms with E-state index in [0.29, 0.717) is 6.04 Å². The van der Waals surface area contributed by atoms with Crippen molar-refractivity contribution in [1.29, 1.82) is 0 Å². The number of rotatable bonds is 4. The van der Waals surface area contributed by atoms with E-state index in [2.05, 4.69) is 50.0 Å². The highest BCUT2D eigenvalue weighted by molar-refractivity contribution is 5.64. The van der Waals surface area contributed by atoms with Crippen molar-refractivity contribution in [2.24, 2.45) is 0 Å². The summed E-state index contributed by atoms with van der Waals surface area (Å²) in [4.78, 5) is 0. The first kappa shape index (κ1) is 13.3. The van der Waals surface area contributed by atoms with Crippen molar-refractivity contribution in [3.63, 3.8) is 0 Å². The van der Waals surface area contributed by atoms with Crippen LogP contribution in [0.2, 0.25) is 0 Å². The number of benzene rings is 1. The number of ether oxygens (including phenoxy) is 1. The summed E-state index contributed by atoms with van der Waals surface area (Å²) in [7, 11) is 0. The Balaban J connectivity index is 1.83. The molecule has 1 aliphatic rings. The summed E-state index contributed by atoms with van der Waals surface area (Å²) in [5, 5.41) is 3.60. The van der Waals surface area contributed by atoms with Crippen molar-refractivity contribution in [2.75, 3.05) is 13.2 Å². The molecule has 1 N–H and O–H groups in total. The van der Waals surface area contributed by atoms with E-state index >= 15 is 0 Å². The van der Waals surface area contributed by atoms with E-state index < -0.39 is 0 Å². The lowest BCUT2D eigenvalue weighted by molar-refractivity contribution is -0.0623. The second-order valence-corrected chi connectivity index (χ2v) is 5.65. The molecule has 18 heavy (non-hydrogen) atoms. The molecular weight excluding hydrogens is 222 g/mol. The molecule has 1 aromatic rings. The first-order valence-electron chi connectivity index (χ1n) is 6.67. The fourth-order valence-corrected chi connectivity index (χ4v) is 2.45. The fraction of sp³-hybridized carbons (Fsp3) is 0.500. The fourth-order valence-electron chi connectivity index (χ4n) is 2.45. The summed E-state index contributed by atoms with van der Waals surface area (Å²) in [6.45, 7) is 10.2. The van der Waals surface area contributed by atoms with Crippen LogP contribution in [0.15, 0.2) is 36.9 Å². The molecule has 1 atom stereocenters. The molecule has 1 unspecified atom stereocenters. The van der Waals surface area contributed by atoms with E-state index in [0.717, 1.165) is 31.6 Å². The molecule has 2 heteroatoms. The number of hydrogen-bond acceptors (Lipinski definition) is 2. The molecule has 1 aliphatic heterocycles. The van der Waals surface area contributed by atoms with Crippen LogP contribution >= 0.6 is 0 Å². The third-order valence-electron chi connectivity index (χ3n) is 3.48. The van der Waals surface area contributed by atoms with Gasteiger partial charge in [-0.05, 0) is 37.8 Å². The Hall–Kier alpha value is -1.12. The van der Waals surface area contributed by atoms with E-state index in [-0.39, 0.29) is 5.60 Å². The SMILES string of the molecule is C=C(CNC1CCOC(C)(C)C1)c1ccccc1. The van der Waals surface area contributed by atoms with Crippen molar-refractivity contribution < 1.29 is 4.74 Å². The third kappa shape index (κ3) is 3.69. The van der Waals surface area contributed by atoms with Crippen LogP contribution in [-0.4, -0.2) is 24.8 Å². The molecule has 0 radical (unpaired) electrons. The highest BCUT2D eigenvalue weighted by Crippen LogP contribution is 2.24. The van der Waals surface area contributed by atoms with Gasteiger partial charge < -0.3 is 10.1 Å². The Morgan fingerprint density at radius 1 is 1.39 bits per heavy atom. The van der Waals surface area contributed by atoms with Gasteiger partial charge in [-0.15, -0.1) is 0 Å². The predicted molar refractivity (Wildman–Crippen MR) is 76.5 cm³/mol. The van der Waals surface area contributed by atoms with E-state index in [1.165, 1.54) is 5.56 Å². The number of nitrogens with one attached hydrogen (secondary N) is 1. The van der Waals surface area contributed by atoms with Crippen LogP contribution < -0.4 is 5.32 Å². The minimum atomic E-state index is 0.00397. The topological polar surface area (TPSA) is 21.3 Å². The van der Waals surface area contributed by atoms with Gasteiger partial charge in [-0.2, -0.15) is 0 Å². The highest BCUT2D eigenvalue weighted by Gasteiger charge is 2.28. The summed E-state index contributed by atoms with van der Waals surface area (Å²) in [6.07, 6.45) is 2.15. The largest absolute Gasteiger partial charge is 0.375 e. The summed E-state index contributed by atoms with van der Waals surface area (Å²) in [6, 6.07) is 10.9. The highest BCUT2D eigenvalue weighted by atomic mass is 16.5. The molecule has 0 amide bonds.